The van der Waals surface area contributed by atoms with E-state index >= 15 is 0 Å². The van der Waals surface area contributed by atoms with Gasteiger partial charge in [-0.2, -0.15) is 0 Å². The summed E-state index contributed by atoms with van der Waals surface area (Å²) in [6.45, 7) is -0.472. The summed E-state index contributed by atoms with van der Waals surface area (Å²) < 4.78 is 18.1. The molecule has 0 aliphatic carbocycles. The molecule has 0 spiro atoms. The number of primary amides is 1. The van der Waals surface area contributed by atoms with E-state index in [1.54, 1.807) is 12.1 Å². The topological polar surface area (TPSA) is 107 Å². The predicted octanol–water partition coefficient (Wildman–Crippen LogP) is 2.57. The number of carbonyl (C=O) groups is 4. The zero-order chi connectivity index (χ0) is 20.3. The van der Waals surface area contributed by atoms with E-state index in [9.17, 15) is 23.6 Å². The molecule has 0 aromatic heterocycles. The van der Waals surface area contributed by atoms with Crippen molar-refractivity contribution in [1.29, 1.82) is 0 Å². The van der Waals surface area contributed by atoms with Gasteiger partial charge in [0.05, 0.1) is 10.5 Å². The van der Waals surface area contributed by atoms with Crippen LogP contribution in [0.2, 0.25) is 0 Å². The fourth-order valence-corrected chi connectivity index (χ4v) is 3.17. The molecule has 28 heavy (non-hydrogen) atoms. The minimum Gasteiger partial charge on any atom is -0.423 e. The first-order valence-corrected chi connectivity index (χ1v) is 8.76. The molecule has 7 nitrogen and oxygen atoms in total. The lowest BCUT2D eigenvalue weighted by molar-refractivity contribution is -0.127. The van der Waals surface area contributed by atoms with E-state index in [2.05, 4.69) is 0 Å². The maximum absolute atomic E-state index is 12.9. The van der Waals surface area contributed by atoms with Gasteiger partial charge in [-0.05, 0) is 59.8 Å². The molecule has 3 rings (SSSR count). The lowest BCUT2D eigenvalue weighted by Crippen LogP contribution is -2.36. The number of hydrogen-bond acceptors (Lipinski definition) is 6. The zero-order valence-electron chi connectivity index (χ0n) is 14.3. The van der Waals surface area contributed by atoms with E-state index in [0.717, 1.165) is 17.0 Å². The standard InChI is InChI=1S/C19H13FN2O5S/c20-13-5-3-12(4-6-13)18(25)27-14-7-1-11(2-8-14)9-15-17(24)22(10-16(21)23)19(26)28-15/h1-9H,10H2,(H2,21,23)/b15-9-. The van der Waals surface area contributed by atoms with Crippen LogP contribution < -0.4 is 10.5 Å². The van der Waals surface area contributed by atoms with Crippen molar-refractivity contribution in [1.82, 2.24) is 4.90 Å². The first-order chi connectivity index (χ1) is 13.3. The zero-order valence-corrected chi connectivity index (χ0v) is 15.1. The number of benzene rings is 2. The monoisotopic (exact) mass is 400 g/mol. The minimum atomic E-state index is -0.782. The van der Waals surface area contributed by atoms with Gasteiger partial charge in [0.1, 0.15) is 18.1 Å². The van der Waals surface area contributed by atoms with E-state index in [4.69, 9.17) is 10.5 Å². The number of ether oxygens (including phenoxy) is 1. The Balaban J connectivity index is 1.69. The van der Waals surface area contributed by atoms with Crippen molar-refractivity contribution >= 4 is 40.9 Å². The van der Waals surface area contributed by atoms with E-state index in [0.29, 0.717) is 17.3 Å². The molecule has 3 amide bonds. The number of thioether (sulfide) groups is 1. The van der Waals surface area contributed by atoms with E-state index in [-0.39, 0.29) is 16.2 Å². The van der Waals surface area contributed by atoms with E-state index in [1.807, 2.05) is 0 Å². The average molecular weight is 400 g/mol. The first-order valence-electron chi connectivity index (χ1n) is 7.95. The fraction of sp³-hybridized carbons (Fsp3) is 0.0526. The van der Waals surface area contributed by atoms with Gasteiger partial charge < -0.3 is 10.5 Å². The molecule has 0 atom stereocenters. The summed E-state index contributed by atoms with van der Waals surface area (Å²) in [4.78, 5) is 47.8. The van der Waals surface area contributed by atoms with Gasteiger partial charge >= 0.3 is 5.97 Å². The van der Waals surface area contributed by atoms with Crippen molar-refractivity contribution in [3.63, 3.8) is 0 Å². The molecule has 1 fully saturated rings. The van der Waals surface area contributed by atoms with Gasteiger partial charge in [0.25, 0.3) is 11.1 Å². The summed E-state index contributed by atoms with van der Waals surface area (Å²) >= 11 is 0.707. The lowest BCUT2D eigenvalue weighted by atomic mass is 10.2. The highest BCUT2D eigenvalue weighted by atomic mass is 32.2. The van der Waals surface area contributed by atoms with Crippen LogP contribution in [0, 0.1) is 5.82 Å². The molecular formula is C19H13FN2O5S. The van der Waals surface area contributed by atoms with Gasteiger partial charge in [0.15, 0.2) is 0 Å². The Kier molecular flexibility index (Phi) is 5.55. The van der Waals surface area contributed by atoms with Crippen LogP contribution in [0.4, 0.5) is 9.18 Å². The number of rotatable bonds is 5. The second kappa shape index (κ2) is 8.05. The van der Waals surface area contributed by atoms with Gasteiger partial charge in [-0.1, -0.05) is 12.1 Å². The molecule has 1 aliphatic rings. The molecule has 1 aliphatic heterocycles. The Morgan fingerprint density at radius 2 is 1.71 bits per heavy atom. The van der Waals surface area contributed by atoms with Crippen molar-refractivity contribution < 1.29 is 28.3 Å². The van der Waals surface area contributed by atoms with Gasteiger partial charge in [-0.15, -0.1) is 0 Å². The van der Waals surface area contributed by atoms with Gasteiger partial charge in [0, 0.05) is 0 Å². The Hall–Kier alpha value is -3.46. The summed E-state index contributed by atoms with van der Waals surface area (Å²) in [5.41, 5.74) is 5.82. The highest BCUT2D eigenvalue weighted by Gasteiger charge is 2.35. The van der Waals surface area contributed by atoms with E-state index < -0.39 is 35.4 Å². The largest absolute Gasteiger partial charge is 0.423 e. The Morgan fingerprint density at radius 3 is 2.32 bits per heavy atom. The molecule has 0 radical (unpaired) electrons. The molecule has 1 heterocycles. The fourth-order valence-electron chi connectivity index (χ4n) is 2.33. The van der Waals surface area contributed by atoms with Crippen molar-refractivity contribution in [3.05, 3.63) is 70.4 Å². The van der Waals surface area contributed by atoms with Crippen molar-refractivity contribution in [2.45, 2.75) is 0 Å². The van der Waals surface area contributed by atoms with Gasteiger partial charge in [-0.3, -0.25) is 19.3 Å². The SMILES string of the molecule is NC(=O)CN1C(=O)S/C(=C\c2ccc(OC(=O)c3ccc(F)cc3)cc2)C1=O. The first kappa shape index (κ1) is 19.3. The quantitative estimate of drug-likeness (QED) is 0.470. The molecule has 0 unspecified atom stereocenters. The van der Waals surface area contributed by atoms with Crippen LogP contribution in [0.1, 0.15) is 15.9 Å². The molecule has 2 aromatic rings. The van der Waals surface area contributed by atoms with Gasteiger partial charge in [-0.25, -0.2) is 9.18 Å². The highest BCUT2D eigenvalue weighted by molar-refractivity contribution is 8.18. The summed E-state index contributed by atoms with van der Waals surface area (Å²) in [7, 11) is 0. The third kappa shape index (κ3) is 4.44. The highest BCUT2D eigenvalue weighted by Crippen LogP contribution is 2.32. The average Bonchev–Trinajstić information content (AvgIpc) is 2.91. The Bertz CT molecular complexity index is 986. The molecule has 1 saturated heterocycles. The number of halogens is 1. The van der Waals surface area contributed by atoms with Crippen molar-refractivity contribution in [2.24, 2.45) is 5.73 Å². The maximum Gasteiger partial charge on any atom is 0.343 e. The number of carbonyl (C=O) groups excluding carboxylic acids is 4. The smallest absolute Gasteiger partial charge is 0.343 e. The van der Waals surface area contributed by atoms with Crippen LogP contribution in [0.5, 0.6) is 5.75 Å². The van der Waals surface area contributed by atoms with Crippen LogP contribution in [0.25, 0.3) is 6.08 Å². The number of imide groups is 1. The Labute approximate surface area is 162 Å². The molecule has 2 N–H and O–H groups in total. The van der Waals surface area contributed by atoms with Crippen LogP contribution in [-0.2, 0) is 9.59 Å². The summed E-state index contributed by atoms with van der Waals surface area (Å²) in [5.74, 6) is -2.22. The van der Waals surface area contributed by atoms with Gasteiger partial charge in [0.2, 0.25) is 5.91 Å². The molecule has 0 saturated carbocycles. The second-order valence-corrected chi connectivity index (χ2v) is 6.69. The minimum absolute atomic E-state index is 0.155. The van der Waals surface area contributed by atoms with Crippen molar-refractivity contribution in [2.75, 3.05) is 6.54 Å². The molecule has 2 aromatic carbocycles. The third-order valence-corrected chi connectivity index (χ3v) is 4.56. The second-order valence-electron chi connectivity index (χ2n) is 5.70. The number of amides is 3. The third-order valence-electron chi connectivity index (χ3n) is 3.66. The maximum atomic E-state index is 12.9. The van der Waals surface area contributed by atoms with E-state index in [1.165, 1.54) is 30.3 Å². The summed E-state index contributed by atoms with van der Waals surface area (Å²) in [6, 6.07) is 11.2. The molecule has 142 valence electrons. The molecular weight excluding hydrogens is 387 g/mol. The number of hydrogen-bond donors (Lipinski definition) is 1. The van der Waals surface area contributed by atoms with Crippen LogP contribution in [0.15, 0.2) is 53.4 Å². The predicted molar refractivity (Wildman–Crippen MR) is 99.7 cm³/mol. The number of nitrogens with zero attached hydrogens (tertiary/aromatic N) is 1. The Morgan fingerprint density at radius 1 is 1.07 bits per heavy atom. The number of nitrogens with two attached hydrogens (primary N) is 1. The molecule has 0 bridgehead atoms. The van der Waals surface area contributed by atoms with Crippen LogP contribution >= 0.6 is 11.8 Å². The van der Waals surface area contributed by atoms with Crippen molar-refractivity contribution in [3.8, 4) is 5.75 Å². The normalized spacial score (nSPS) is 15.2. The number of esters is 1. The van der Waals surface area contributed by atoms with Crippen LogP contribution in [0.3, 0.4) is 0 Å². The lowest BCUT2D eigenvalue weighted by Gasteiger charge is -2.08. The molecule has 9 heteroatoms. The van der Waals surface area contributed by atoms with Crippen LogP contribution in [-0.4, -0.2) is 34.5 Å². The summed E-state index contributed by atoms with van der Waals surface area (Å²) in [6.07, 6.45) is 1.48. The summed E-state index contributed by atoms with van der Waals surface area (Å²) in [5, 5.41) is -0.570.